The predicted molar refractivity (Wildman–Crippen MR) is 104 cm³/mol. The number of ether oxygens (including phenoxy) is 2. The molecule has 2 rings (SSSR count). The molecule has 0 amide bonds. The molecule has 0 aliphatic carbocycles. The molecular weight excluding hydrogens is 454 g/mol. The quantitative estimate of drug-likeness (QED) is 0.205. The maximum atomic E-state index is 10.9. The Morgan fingerprint density at radius 2 is 0.900 bits per heavy atom. The van der Waals surface area contributed by atoms with Crippen molar-refractivity contribution in [3.63, 3.8) is 0 Å². The third kappa shape index (κ3) is 10.9. The number of benzene rings is 2. The molecule has 0 radical (unpaired) electrons. The molecule has 0 fully saturated rings. The molecule has 0 aliphatic rings. The van der Waals surface area contributed by atoms with E-state index in [2.05, 4.69) is 0 Å². The minimum Gasteiger partial charge on any atom is -1.00 e. The molecule has 0 aromatic heterocycles. The Hall–Kier alpha value is -0.140. The summed E-state index contributed by atoms with van der Waals surface area (Å²) in [7, 11) is -8.38. The molecule has 0 heterocycles. The van der Waals surface area contributed by atoms with Gasteiger partial charge in [-0.3, -0.25) is 9.11 Å². The normalized spacial score (nSPS) is 11.1. The van der Waals surface area contributed by atoms with E-state index < -0.39 is 20.2 Å². The zero-order chi connectivity index (χ0) is 20.6. The Morgan fingerprint density at radius 1 is 0.600 bits per heavy atom. The van der Waals surface area contributed by atoms with Crippen LogP contribution < -0.4 is 68.6 Å². The van der Waals surface area contributed by atoms with Crippen LogP contribution in [0.25, 0.3) is 0 Å². The Morgan fingerprint density at radius 3 is 1.17 bits per heavy atom. The molecule has 158 valence electrons. The number of hydrogen-bond donors (Lipinski definition) is 2. The standard InChI is InChI=1S/C18H22O8S2.2Na.2H/c19-27(20,21)17-9-5-15(6-10-17)25-13-3-1-2-4-14-26-16-7-11-18(12-8-16)28(22,23)24;;;;/h5-12H,1-4,13-14H2,(H,19,20,21)(H,22,23,24);;;;/q;2*+1;2*-1. The van der Waals surface area contributed by atoms with Gasteiger partial charge in [-0.25, -0.2) is 0 Å². The van der Waals surface area contributed by atoms with Gasteiger partial charge in [-0.1, -0.05) is 0 Å². The molecule has 2 N–H and O–H groups in total. The van der Waals surface area contributed by atoms with E-state index in [1.807, 2.05) is 0 Å². The molecule has 30 heavy (non-hydrogen) atoms. The predicted octanol–water partition coefficient (Wildman–Crippen LogP) is -2.57. The van der Waals surface area contributed by atoms with E-state index in [0.717, 1.165) is 25.7 Å². The maximum Gasteiger partial charge on any atom is 1.00 e. The molecule has 8 nitrogen and oxygen atoms in total. The fraction of sp³-hybridized carbons (Fsp3) is 0.333. The minimum atomic E-state index is -4.19. The Balaban J connectivity index is -0.00000210. The van der Waals surface area contributed by atoms with Crippen molar-refractivity contribution < 1.29 is 97.4 Å². The van der Waals surface area contributed by atoms with Crippen LogP contribution in [0.1, 0.15) is 28.5 Å². The number of hydrogen-bond acceptors (Lipinski definition) is 6. The van der Waals surface area contributed by atoms with Crippen LogP contribution in [0.15, 0.2) is 58.3 Å². The minimum absolute atomic E-state index is 0. The first-order chi connectivity index (χ1) is 13.2. The zero-order valence-corrected chi connectivity index (χ0v) is 22.7. The van der Waals surface area contributed by atoms with Gasteiger partial charge >= 0.3 is 59.1 Å². The summed E-state index contributed by atoms with van der Waals surface area (Å²) in [6.45, 7) is 0.979. The first-order valence-corrected chi connectivity index (χ1v) is 11.4. The molecule has 0 unspecified atom stereocenters. The van der Waals surface area contributed by atoms with Crippen LogP contribution in [0.3, 0.4) is 0 Å². The van der Waals surface area contributed by atoms with Crippen LogP contribution in [-0.2, 0) is 20.2 Å². The molecular formula is C18H24Na2O8S2. The second kappa shape index (κ2) is 14.1. The molecule has 0 saturated heterocycles. The molecule has 2 aromatic rings. The fourth-order valence-electron chi connectivity index (χ4n) is 2.35. The van der Waals surface area contributed by atoms with Gasteiger partial charge < -0.3 is 12.3 Å². The third-order valence-corrected chi connectivity index (χ3v) is 5.56. The van der Waals surface area contributed by atoms with Crippen LogP contribution >= 0.6 is 0 Å². The van der Waals surface area contributed by atoms with Gasteiger partial charge in [-0.15, -0.1) is 0 Å². The summed E-state index contributed by atoms with van der Waals surface area (Å²) >= 11 is 0. The fourth-order valence-corrected chi connectivity index (χ4v) is 3.31. The SMILES string of the molecule is O=S(=O)(O)c1ccc(OCCCCCCOc2ccc(S(=O)(=O)O)cc2)cc1.[H-].[H-].[Na+].[Na+]. The second-order valence-corrected chi connectivity index (χ2v) is 8.85. The summed E-state index contributed by atoms with van der Waals surface area (Å²) in [5, 5.41) is 0. The number of unbranched alkanes of at least 4 members (excludes halogenated alkanes) is 3. The summed E-state index contributed by atoms with van der Waals surface area (Å²) < 4.78 is 72.6. The molecule has 2 aromatic carbocycles. The first-order valence-electron chi connectivity index (χ1n) is 8.57. The van der Waals surface area contributed by atoms with Crippen molar-refractivity contribution >= 4 is 20.2 Å². The maximum absolute atomic E-state index is 10.9. The van der Waals surface area contributed by atoms with E-state index in [4.69, 9.17) is 18.6 Å². The van der Waals surface area contributed by atoms with Crippen molar-refractivity contribution in [2.24, 2.45) is 0 Å². The Bertz CT molecular complexity index is 890. The van der Waals surface area contributed by atoms with E-state index in [1.54, 1.807) is 0 Å². The van der Waals surface area contributed by atoms with Crippen LogP contribution in [0.4, 0.5) is 0 Å². The summed E-state index contributed by atoms with van der Waals surface area (Å²) in [5.41, 5.74) is 0. The van der Waals surface area contributed by atoms with Gasteiger partial charge in [0.05, 0.1) is 23.0 Å². The van der Waals surface area contributed by atoms with E-state index in [0.29, 0.717) is 24.7 Å². The van der Waals surface area contributed by atoms with E-state index >= 15 is 0 Å². The molecule has 12 heteroatoms. The summed E-state index contributed by atoms with van der Waals surface area (Å²) in [4.78, 5) is -0.347. The van der Waals surface area contributed by atoms with E-state index in [1.165, 1.54) is 48.5 Å². The van der Waals surface area contributed by atoms with Crippen LogP contribution in [0, 0.1) is 0 Å². The number of rotatable bonds is 11. The van der Waals surface area contributed by atoms with Gasteiger partial charge in [0.1, 0.15) is 11.5 Å². The molecule has 0 aliphatic heterocycles. The second-order valence-electron chi connectivity index (χ2n) is 6.00. The van der Waals surface area contributed by atoms with Crippen molar-refractivity contribution in [2.75, 3.05) is 13.2 Å². The van der Waals surface area contributed by atoms with E-state index in [9.17, 15) is 16.8 Å². The first kappa shape index (κ1) is 29.9. The molecule has 0 atom stereocenters. The average molecular weight is 478 g/mol. The van der Waals surface area contributed by atoms with Crippen molar-refractivity contribution in [1.82, 2.24) is 0 Å². The average Bonchev–Trinajstić information content (AvgIpc) is 2.63. The smallest absolute Gasteiger partial charge is 1.00 e. The van der Waals surface area contributed by atoms with Crippen LogP contribution in [-0.4, -0.2) is 39.2 Å². The van der Waals surface area contributed by atoms with E-state index in [-0.39, 0.29) is 71.8 Å². The molecule has 0 bridgehead atoms. The summed E-state index contributed by atoms with van der Waals surface area (Å²) in [6.07, 6.45) is 3.49. The zero-order valence-electron chi connectivity index (χ0n) is 19.0. The third-order valence-electron chi connectivity index (χ3n) is 3.82. The topological polar surface area (TPSA) is 127 Å². The van der Waals surface area contributed by atoms with Crippen LogP contribution in [0.2, 0.25) is 0 Å². The summed E-state index contributed by atoms with van der Waals surface area (Å²) in [5.74, 6) is 1.06. The van der Waals surface area contributed by atoms with Gasteiger partial charge in [0.15, 0.2) is 0 Å². The Labute approximate surface area is 224 Å². The Kier molecular flexibility index (Phi) is 14.0. The van der Waals surface area contributed by atoms with Gasteiger partial charge in [0, 0.05) is 0 Å². The van der Waals surface area contributed by atoms with Crippen molar-refractivity contribution in [2.45, 2.75) is 35.5 Å². The van der Waals surface area contributed by atoms with Crippen LogP contribution in [0.5, 0.6) is 11.5 Å². The molecule has 0 spiro atoms. The van der Waals surface area contributed by atoms with Crippen molar-refractivity contribution in [3.8, 4) is 11.5 Å². The monoisotopic (exact) mass is 478 g/mol. The van der Waals surface area contributed by atoms with Gasteiger partial charge in [-0.2, -0.15) is 16.8 Å². The largest absolute Gasteiger partial charge is 1.00 e. The van der Waals surface area contributed by atoms with Gasteiger partial charge in [0.25, 0.3) is 20.2 Å². The van der Waals surface area contributed by atoms with Crippen molar-refractivity contribution in [1.29, 1.82) is 0 Å². The summed E-state index contributed by atoms with van der Waals surface area (Å²) in [6, 6.07) is 11.1. The van der Waals surface area contributed by atoms with Gasteiger partial charge in [0.2, 0.25) is 0 Å². The molecule has 0 saturated carbocycles. The van der Waals surface area contributed by atoms with Gasteiger partial charge in [-0.05, 0) is 74.2 Å². The van der Waals surface area contributed by atoms with Crippen molar-refractivity contribution in [3.05, 3.63) is 48.5 Å².